The van der Waals surface area contributed by atoms with Crippen molar-refractivity contribution in [3.05, 3.63) is 69.3 Å². The third kappa shape index (κ3) is 5.30. The Balaban J connectivity index is 1.95. The molecule has 142 valence electrons. The SMILES string of the molecule is CSc1ccc(CN(C)C(=O)COC(=O)c2cccc([N+](=O)[O-])c2C)cc1. The summed E-state index contributed by atoms with van der Waals surface area (Å²) in [6, 6.07) is 12.0. The monoisotopic (exact) mass is 388 g/mol. The molecule has 8 heteroatoms. The number of ether oxygens (including phenoxy) is 1. The Hall–Kier alpha value is -2.87. The minimum absolute atomic E-state index is 0.0762. The second-order valence-corrected chi connectivity index (χ2v) is 6.76. The number of nitro groups is 1. The summed E-state index contributed by atoms with van der Waals surface area (Å²) in [7, 11) is 1.62. The number of carbonyl (C=O) groups is 2. The molecule has 2 aromatic rings. The van der Waals surface area contributed by atoms with Crippen LogP contribution in [0.25, 0.3) is 0 Å². The summed E-state index contributed by atoms with van der Waals surface area (Å²) < 4.78 is 5.04. The maximum atomic E-state index is 12.2. The molecule has 0 aliphatic carbocycles. The number of rotatable bonds is 7. The Bertz CT molecular complexity index is 852. The van der Waals surface area contributed by atoms with E-state index in [-0.39, 0.29) is 22.7 Å². The highest BCUT2D eigenvalue weighted by Gasteiger charge is 2.20. The van der Waals surface area contributed by atoms with Crippen molar-refractivity contribution in [1.29, 1.82) is 0 Å². The maximum Gasteiger partial charge on any atom is 0.339 e. The summed E-state index contributed by atoms with van der Waals surface area (Å²) in [5.41, 5.74) is 1.08. The van der Waals surface area contributed by atoms with E-state index in [1.807, 2.05) is 30.5 Å². The fourth-order valence-corrected chi connectivity index (χ4v) is 2.86. The van der Waals surface area contributed by atoms with E-state index in [2.05, 4.69) is 0 Å². The third-order valence-electron chi connectivity index (χ3n) is 4.05. The van der Waals surface area contributed by atoms with Crippen LogP contribution < -0.4 is 0 Å². The van der Waals surface area contributed by atoms with Crippen molar-refractivity contribution in [3.8, 4) is 0 Å². The topological polar surface area (TPSA) is 89.8 Å². The quantitative estimate of drug-likeness (QED) is 0.312. The molecule has 0 radical (unpaired) electrons. The van der Waals surface area contributed by atoms with Crippen molar-refractivity contribution in [1.82, 2.24) is 4.90 Å². The summed E-state index contributed by atoms with van der Waals surface area (Å²) >= 11 is 1.64. The van der Waals surface area contributed by atoms with Gasteiger partial charge in [-0.1, -0.05) is 18.2 Å². The average Bonchev–Trinajstić information content (AvgIpc) is 2.66. The predicted octanol–water partition coefficient (Wildman–Crippen LogP) is 3.44. The van der Waals surface area contributed by atoms with Gasteiger partial charge in [0.1, 0.15) is 0 Å². The van der Waals surface area contributed by atoms with Crippen LogP contribution in [0, 0.1) is 17.0 Å². The highest BCUT2D eigenvalue weighted by molar-refractivity contribution is 7.98. The number of hydrogen-bond donors (Lipinski definition) is 0. The molecule has 0 saturated heterocycles. The van der Waals surface area contributed by atoms with Crippen molar-refractivity contribution >= 4 is 29.3 Å². The fourth-order valence-electron chi connectivity index (χ4n) is 2.45. The van der Waals surface area contributed by atoms with Crippen LogP contribution >= 0.6 is 11.8 Å². The smallest absolute Gasteiger partial charge is 0.339 e. The summed E-state index contributed by atoms with van der Waals surface area (Å²) in [5.74, 6) is -1.12. The summed E-state index contributed by atoms with van der Waals surface area (Å²) in [6.07, 6.45) is 1.99. The lowest BCUT2D eigenvalue weighted by Crippen LogP contribution is -2.30. The van der Waals surface area contributed by atoms with E-state index >= 15 is 0 Å². The highest BCUT2D eigenvalue weighted by Crippen LogP contribution is 2.21. The van der Waals surface area contributed by atoms with Gasteiger partial charge in [-0.25, -0.2) is 4.79 Å². The summed E-state index contributed by atoms with van der Waals surface area (Å²) in [4.78, 5) is 37.4. The third-order valence-corrected chi connectivity index (χ3v) is 4.80. The molecule has 0 heterocycles. The van der Waals surface area contributed by atoms with Gasteiger partial charge in [0.2, 0.25) is 0 Å². The molecule has 0 saturated carbocycles. The average molecular weight is 388 g/mol. The second kappa shape index (κ2) is 9.18. The predicted molar refractivity (Wildman–Crippen MR) is 103 cm³/mol. The van der Waals surface area contributed by atoms with Crippen LogP contribution in [0.3, 0.4) is 0 Å². The van der Waals surface area contributed by atoms with Crippen LogP contribution in [0.15, 0.2) is 47.4 Å². The lowest BCUT2D eigenvalue weighted by molar-refractivity contribution is -0.385. The number of nitrogens with zero attached hydrogens (tertiary/aromatic N) is 2. The summed E-state index contributed by atoms with van der Waals surface area (Å²) in [5, 5.41) is 11.0. The molecule has 0 aliphatic rings. The van der Waals surface area contributed by atoms with Gasteiger partial charge in [-0.3, -0.25) is 14.9 Å². The van der Waals surface area contributed by atoms with E-state index in [9.17, 15) is 19.7 Å². The van der Waals surface area contributed by atoms with Gasteiger partial charge >= 0.3 is 5.97 Å². The van der Waals surface area contributed by atoms with Crippen LogP contribution in [0.5, 0.6) is 0 Å². The van der Waals surface area contributed by atoms with Crippen LogP contribution in [-0.2, 0) is 16.1 Å². The number of nitro benzene ring substituents is 1. The van der Waals surface area contributed by atoms with Crippen molar-refractivity contribution in [2.45, 2.75) is 18.4 Å². The van der Waals surface area contributed by atoms with E-state index in [4.69, 9.17) is 4.74 Å². The van der Waals surface area contributed by atoms with Crippen LogP contribution in [0.1, 0.15) is 21.5 Å². The molecule has 0 spiro atoms. The zero-order valence-corrected chi connectivity index (χ0v) is 16.1. The summed E-state index contributed by atoms with van der Waals surface area (Å²) in [6.45, 7) is 1.43. The standard InChI is InChI=1S/C19H20N2O5S/c1-13-16(5-4-6-17(13)21(24)25)19(23)26-12-18(22)20(2)11-14-7-9-15(27-3)10-8-14/h4-10H,11-12H2,1-3H3. The van der Waals surface area contributed by atoms with Gasteiger partial charge in [0, 0.05) is 30.1 Å². The molecule has 0 fully saturated rings. The Morgan fingerprint density at radius 2 is 1.85 bits per heavy atom. The zero-order valence-electron chi connectivity index (χ0n) is 15.3. The minimum Gasteiger partial charge on any atom is -0.452 e. The molecule has 2 rings (SSSR count). The van der Waals surface area contributed by atoms with Gasteiger partial charge in [-0.05, 0) is 36.9 Å². The Labute approximate surface area is 161 Å². The molecule has 0 bridgehead atoms. The number of carbonyl (C=O) groups excluding carboxylic acids is 2. The van der Waals surface area contributed by atoms with Crippen LogP contribution in [0.2, 0.25) is 0 Å². The Morgan fingerprint density at radius 1 is 1.19 bits per heavy atom. The number of esters is 1. The lowest BCUT2D eigenvalue weighted by atomic mass is 10.1. The molecule has 0 atom stereocenters. The molecular formula is C19H20N2O5S. The number of likely N-dealkylation sites (N-methyl/N-ethyl adjacent to an activating group) is 1. The van der Waals surface area contributed by atoms with Gasteiger partial charge < -0.3 is 9.64 Å². The molecule has 7 nitrogen and oxygen atoms in total. The molecule has 2 aromatic carbocycles. The molecule has 1 amide bonds. The Kier molecular flexibility index (Phi) is 6.95. The first kappa shape index (κ1) is 20.4. The maximum absolute atomic E-state index is 12.2. The number of hydrogen-bond acceptors (Lipinski definition) is 6. The fraction of sp³-hybridized carbons (Fsp3) is 0.263. The van der Waals surface area contributed by atoms with Crippen molar-refractivity contribution in [2.24, 2.45) is 0 Å². The van der Waals surface area contributed by atoms with Gasteiger partial charge in [0.15, 0.2) is 6.61 Å². The minimum atomic E-state index is -0.762. The first-order chi connectivity index (χ1) is 12.8. The van der Waals surface area contributed by atoms with Gasteiger partial charge in [0.25, 0.3) is 11.6 Å². The Morgan fingerprint density at radius 3 is 2.44 bits per heavy atom. The molecule has 0 unspecified atom stereocenters. The molecule has 27 heavy (non-hydrogen) atoms. The normalized spacial score (nSPS) is 10.3. The number of thioether (sulfide) groups is 1. The van der Waals surface area contributed by atoms with E-state index in [0.717, 1.165) is 10.5 Å². The van der Waals surface area contributed by atoms with Gasteiger partial charge in [-0.2, -0.15) is 0 Å². The van der Waals surface area contributed by atoms with Crippen molar-refractivity contribution < 1.29 is 19.2 Å². The zero-order chi connectivity index (χ0) is 20.0. The molecule has 0 aliphatic heterocycles. The van der Waals surface area contributed by atoms with Crippen molar-refractivity contribution in [3.63, 3.8) is 0 Å². The molecular weight excluding hydrogens is 368 g/mol. The van der Waals surface area contributed by atoms with Gasteiger partial charge in [0.05, 0.1) is 10.5 Å². The number of amides is 1. The van der Waals surface area contributed by atoms with E-state index in [0.29, 0.717) is 6.54 Å². The molecule has 0 aromatic heterocycles. The van der Waals surface area contributed by atoms with Crippen molar-refractivity contribution in [2.75, 3.05) is 19.9 Å². The largest absolute Gasteiger partial charge is 0.452 e. The van der Waals surface area contributed by atoms with E-state index in [1.54, 1.807) is 18.8 Å². The van der Waals surface area contributed by atoms with E-state index < -0.39 is 17.5 Å². The van der Waals surface area contributed by atoms with Crippen LogP contribution in [-0.4, -0.2) is 41.6 Å². The number of benzene rings is 2. The first-order valence-electron chi connectivity index (χ1n) is 8.11. The van der Waals surface area contributed by atoms with E-state index in [1.165, 1.54) is 30.0 Å². The van der Waals surface area contributed by atoms with Crippen LogP contribution in [0.4, 0.5) is 5.69 Å². The highest BCUT2D eigenvalue weighted by atomic mass is 32.2. The molecule has 0 N–H and O–H groups in total. The first-order valence-corrected chi connectivity index (χ1v) is 9.34. The van der Waals surface area contributed by atoms with Gasteiger partial charge in [-0.15, -0.1) is 11.8 Å². The second-order valence-electron chi connectivity index (χ2n) is 5.88. The lowest BCUT2D eigenvalue weighted by Gasteiger charge is -2.17.